The first-order valence-electron chi connectivity index (χ1n) is 7.73. The van der Waals surface area contributed by atoms with Gasteiger partial charge in [0, 0.05) is 23.1 Å². The van der Waals surface area contributed by atoms with E-state index in [0.29, 0.717) is 36.2 Å². The highest BCUT2D eigenvalue weighted by molar-refractivity contribution is 6.13. The van der Waals surface area contributed by atoms with Gasteiger partial charge >= 0.3 is 5.97 Å². The number of hydrogen-bond acceptors (Lipinski definition) is 3. The molecule has 0 saturated heterocycles. The van der Waals surface area contributed by atoms with E-state index in [1.165, 1.54) is 0 Å². The van der Waals surface area contributed by atoms with E-state index in [2.05, 4.69) is 6.92 Å². The van der Waals surface area contributed by atoms with Gasteiger partial charge in [-0.1, -0.05) is 56.5 Å². The molecule has 1 aromatic rings. The molecule has 3 heteroatoms. The molecular formula is C18H22O3. The summed E-state index contributed by atoms with van der Waals surface area (Å²) in [6.45, 7) is 2.46. The summed E-state index contributed by atoms with van der Waals surface area (Å²) in [6.07, 6.45) is 5.50. The van der Waals surface area contributed by atoms with E-state index in [4.69, 9.17) is 4.74 Å². The Morgan fingerprint density at radius 1 is 1.14 bits per heavy atom. The van der Waals surface area contributed by atoms with Gasteiger partial charge in [-0.25, -0.2) is 4.79 Å². The molecule has 21 heavy (non-hydrogen) atoms. The average molecular weight is 286 g/mol. The van der Waals surface area contributed by atoms with Gasteiger partial charge in [-0.15, -0.1) is 0 Å². The Balaban J connectivity index is 2.18. The van der Waals surface area contributed by atoms with Crippen LogP contribution in [0.1, 0.15) is 55.8 Å². The Labute approximate surface area is 126 Å². The largest absolute Gasteiger partial charge is 0.462 e. The molecule has 0 aliphatic carbocycles. The highest BCUT2D eigenvalue weighted by Gasteiger charge is 2.26. The number of carbonyl (C=O) groups excluding carboxylic acids is 2. The number of unbranched alkanes of at least 4 members (excludes halogenated alkanes) is 3. The molecule has 0 fully saturated rings. The Bertz CT molecular complexity index is 529. The van der Waals surface area contributed by atoms with Gasteiger partial charge in [-0.2, -0.15) is 0 Å². The van der Waals surface area contributed by atoms with Crippen LogP contribution in [0.4, 0.5) is 0 Å². The van der Waals surface area contributed by atoms with Crippen molar-refractivity contribution in [3.05, 3.63) is 47.0 Å². The number of esters is 1. The highest BCUT2D eigenvalue weighted by atomic mass is 16.5. The third-order valence-electron chi connectivity index (χ3n) is 3.79. The van der Waals surface area contributed by atoms with E-state index >= 15 is 0 Å². The van der Waals surface area contributed by atoms with Crippen LogP contribution in [0.15, 0.2) is 41.5 Å². The Morgan fingerprint density at radius 3 is 2.62 bits per heavy atom. The van der Waals surface area contributed by atoms with Gasteiger partial charge in [0.25, 0.3) is 0 Å². The van der Waals surface area contributed by atoms with Gasteiger partial charge in [-0.3, -0.25) is 4.79 Å². The Kier molecular flexibility index (Phi) is 5.73. The lowest BCUT2D eigenvalue weighted by atomic mass is 9.91. The minimum absolute atomic E-state index is 0.0299. The van der Waals surface area contributed by atoms with Gasteiger partial charge in [-0.05, 0) is 12.8 Å². The number of benzene rings is 1. The standard InChI is InChI=1S/C18H22O3/c1-2-3-4-8-11-16-15(12-13-21-18(16)20)17(19)14-9-6-5-7-10-14/h5-7,9-10H,2-4,8,11-13H2,1H3. The SMILES string of the molecule is CCCCCCC1=C(C(=O)c2ccccc2)CCOC1=O. The lowest BCUT2D eigenvalue weighted by Gasteiger charge is -2.19. The van der Waals surface area contributed by atoms with Crippen molar-refractivity contribution in [3.8, 4) is 0 Å². The van der Waals surface area contributed by atoms with Gasteiger partial charge in [0.15, 0.2) is 5.78 Å². The molecule has 0 saturated carbocycles. The van der Waals surface area contributed by atoms with Crippen molar-refractivity contribution in [3.63, 3.8) is 0 Å². The van der Waals surface area contributed by atoms with Crippen LogP contribution >= 0.6 is 0 Å². The van der Waals surface area contributed by atoms with E-state index in [9.17, 15) is 9.59 Å². The van der Waals surface area contributed by atoms with Crippen molar-refractivity contribution < 1.29 is 14.3 Å². The lowest BCUT2D eigenvalue weighted by Crippen LogP contribution is -2.22. The summed E-state index contributed by atoms with van der Waals surface area (Å²) in [5.41, 5.74) is 1.88. The van der Waals surface area contributed by atoms with Gasteiger partial charge in [0.05, 0.1) is 6.61 Å². The van der Waals surface area contributed by atoms with Gasteiger partial charge < -0.3 is 4.74 Å². The van der Waals surface area contributed by atoms with Crippen molar-refractivity contribution in [2.75, 3.05) is 6.61 Å². The van der Waals surface area contributed by atoms with E-state index in [1.807, 2.05) is 18.2 Å². The number of Topliss-reactive ketones (excluding diaryl/α,β-unsaturated/α-hetero) is 1. The maximum absolute atomic E-state index is 12.6. The van der Waals surface area contributed by atoms with Crippen molar-refractivity contribution in [1.82, 2.24) is 0 Å². The van der Waals surface area contributed by atoms with E-state index in [1.54, 1.807) is 12.1 Å². The number of cyclic esters (lactones) is 1. The molecule has 0 radical (unpaired) electrons. The van der Waals surface area contributed by atoms with Crippen LogP contribution in [0.25, 0.3) is 0 Å². The quantitative estimate of drug-likeness (QED) is 0.431. The third-order valence-corrected chi connectivity index (χ3v) is 3.79. The summed E-state index contributed by atoms with van der Waals surface area (Å²) < 4.78 is 5.11. The zero-order valence-electron chi connectivity index (χ0n) is 12.6. The molecular weight excluding hydrogens is 264 g/mol. The molecule has 1 aromatic carbocycles. The topological polar surface area (TPSA) is 43.4 Å². The second-order valence-corrected chi connectivity index (χ2v) is 5.35. The monoisotopic (exact) mass is 286 g/mol. The van der Waals surface area contributed by atoms with E-state index in [0.717, 1.165) is 25.7 Å². The number of ether oxygens (including phenoxy) is 1. The van der Waals surface area contributed by atoms with Crippen LogP contribution in [0.5, 0.6) is 0 Å². The first-order valence-corrected chi connectivity index (χ1v) is 7.73. The second kappa shape index (κ2) is 7.77. The predicted octanol–water partition coefficient (Wildman–Crippen LogP) is 4.08. The minimum Gasteiger partial charge on any atom is -0.462 e. The number of rotatable bonds is 7. The molecule has 0 amide bonds. The maximum atomic E-state index is 12.6. The molecule has 0 unspecified atom stereocenters. The summed E-state index contributed by atoms with van der Waals surface area (Å²) in [4.78, 5) is 24.6. The van der Waals surface area contributed by atoms with Crippen molar-refractivity contribution in [1.29, 1.82) is 0 Å². The van der Waals surface area contributed by atoms with Crippen LogP contribution in [-0.2, 0) is 9.53 Å². The summed E-state index contributed by atoms with van der Waals surface area (Å²) >= 11 is 0. The smallest absolute Gasteiger partial charge is 0.334 e. The fourth-order valence-electron chi connectivity index (χ4n) is 2.60. The molecule has 1 aliphatic rings. The van der Waals surface area contributed by atoms with Crippen molar-refractivity contribution >= 4 is 11.8 Å². The molecule has 0 aromatic heterocycles. The fraction of sp³-hybridized carbons (Fsp3) is 0.444. The molecule has 1 heterocycles. The van der Waals surface area contributed by atoms with Gasteiger partial charge in [0.2, 0.25) is 0 Å². The molecule has 0 bridgehead atoms. The summed E-state index contributed by atoms with van der Waals surface area (Å²) in [5.74, 6) is -0.338. The molecule has 0 atom stereocenters. The molecule has 1 aliphatic heterocycles. The van der Waals surface area contributed by atoms with E-state index in [-0.39, 0.29) is 11.8 Å². The number of ketones is 1. The average Bonchev–Trinajstić information content (AvgIpc) is 2.53. The van der Waals surface area contributed by atoms with Crippen molar-refractivity contribution in [2.45, 2.75) is 45.4 Å². The van der Waals surface area contributed by atoms with Crippen LogP contribution < -0.4 is 0 Å². The first kappa shape index (κ1) is 15.5. The Hall–Kier alpha value is -1.90. The summed E-state index contributed by atoms with van der Waals surface area (Å²) in [7, 11) is 0. The van der Waals surface area contributed by atoms with Gasteiger partial charge in [0.1, 0.15) is 0 Å². The first-order chi connectivity index (χ1) is 10.2. The van der Waals surface area contributed by atoms with Crippen LogP contribution in [-0.4, -0.2) is 18.4 Å². The van der Waals surface area contributed by atoms with Crippen LogP contribution in [0.3, 0.4) is 0 Å². The highest BCUT2D eigenvalue weighted by Crippen LogP contribution is 2.25. The second-order valence-electron chi connectivity index (χ2n) is 5.35. The van der Waals surface area contributed by atoms with Crippen LogP contribution in [0.2, 0.25) is 0 Å². The van der Waals surface area contributed by atoms with Crippen LogP contribution in [0, 0.1) is 0 Å². The maximum Gasteiger partial charge on any atom is 0.334 e. The summed E-state index contributed by atoms with van der Waals surface area (Å²) in [5, 5.41) is 0. The number of carbonyl (C=O) groups is 2. The molecule has 0 spiro atoms. The summed E-state index contributed by atoms with van der Waals surface area (Å²) in [6, 6.07) is 9.16. The normalized spacial score (nSPS) is 15.0. The molecule has 3 nitrogen and oxygen atoms in total. The predicted molar refractivity (Wildman–Crippen MR) is 82.1 cm³/mol. The molecule has 2 rings (SSSR count). The Morgan fingerprint density at radius 2 is 1.90 bits per heavy atom. The molecule has 112 valence electrons. The zero-order valence-corrected chi connectivity index (χ0v) is 12.6. The minimum atomic E-state index is -0.308. The third kappa shape index (κ3) is 4.03. The number of hydrogen-bond donors (Lipinski definition) is 0. The lowest BCUT2D eigenvalue weighted by molar-refractivity contribution is -0.140. The fourth-order valence-corrected chi connectivity index (χ4v) is 2.60. The van der Waals surface area contributed by atoms with E-state index < -0.39 is 0 Å². The van der Waals surface area contributed by atoms with Crippen molar-refractivity contribution in [2.24, 2.45) is 0 Å². The zero-order chi connectivity index (χ0) is 15.1. The molecule has 0 N–H and O–H groups in total.